The van der Waals surface area contributed by atoms with E-state index in [1.165, 1.54) is 0 Å². The Bertz CT molecular complexity index is 1050. The number of amides is 1. The molecule has 2 heterocycles. The highest BCUT2D eigenvalue weighted by molar-refractivity contribution is 6.35. The molecule has 4 rings (SSSR count). The molecule has 2 aliphatic heterocycles. The second kappa shape index (κ2) is 9.50. The summed E-state index contributed by atoms with van der Waals surface area (Å²) in [6.45, 7) is 3.42. The summed E-state index contributed by atoms with van der Waals surface area (Å²) < 4.78 is 12.0. The Balaban J connectivity index is 1.28. The standard InChI is InChI=1S/C24H24Cl3NO4/c1-15-11-17(26)12-18-20(29)14-24(32-23(15)18)6-8-28(9-7-24)22(30)3-2-10-31-21-5-4-16(25)13-19(21)27/h4-5,11-13H,2-3,6-10,14H2,1H3. The van der Waals surface area contributed by atoms with Crippen LogP contribution in [0, 0.1) is 6.92 Å². The first-order chi connectivity index (χ1) is 15.3. The normalized spacial score (nSPS) is 17.1. The van der Waals surface area contributed by atoms with E-state index in [2.05, 4.69) is 0 Å². The monoisotopic (exact) mass is 495 g/mol. The molecule has 0 unspecified atom stereocenters. The van der Waals surface area contributed by atoms with Crippen molar-refractivity contribution in [2.24, 2.45) is 0 Å². The molecule has 8 heteroatoms. The highest BCUT2D eigenvalue weighted by Gasteiger charge is 2.44. The average molecular weight is 497 g/mol. The van der Waals surface area contributed by atoms with E-state index in [4.69, 9.17) is 44.3 Å². The fourth-order valence-corrected chi connectivity index (χ4v) is 5.05. The first-order valence-electron chi connectivity index (χ1n) is 10.6. The van der Waals surface area contributed by atoms with Gasteiger partial charge in [-0.2, -0.15) is 0 Å². The van der Waals surface area contributed by atoms with Crippen LogP contribution in [0.3, 0.4) is 0 Å². The number of piperidine rings is 1. The molecule has 0 atom stereocenters. The van der Waals surface area contributed by atoms with E-state index in [9.17, 15) is 9.59 Å². The van der Waals surface area contributed by atoms with Crippen molar-refractivity contribution in [1.29, 1.82) is 0 Å². The third-order valence-electron chi connectivity index (χ3n) is 6.05. The molecular formula is C24H24Cl3NO4. The zero-order valence-electron chi connectivity index (χ0n) is 17.8. The van der Waals surface area contributed by atoms with Gasteiger partial charge in [-0.1, -0.05) is 34.8 Å². The Morgan fingerprint density at radius 3 is 2.59 bits per heavy atom. The number of ketones is 1. The number of hydrogen-bond donors (Lipinski definition) is 0. The molecule has 0 saturated carbocycles. The summed E-state index contributed by atoms with van der Waals surface area (Å²) in [4.78, 5) is 27.3. The number of aryl methyl sites for hydroxylation is 1. The molecule has 1 saturated heterocycles. The Kier molecular flexibility index (Phi) is 6.89. The zero-order chi connectivity index (χ0) is 22.9. The molecule has 5 nitrogen and oxygen atoms in total. The lowest BCUT2D eigenvalue weighted by molar-refractivity contribution is -0.135. The number of Topliss-reactive ketones (excluding diaryl/α,β-unsaturated/α-hetero) is 1. The van der Waals surface area contributed by atoms with Gasteiger partial charge in [0.25, 0.3) is 0 Å². The number of ether oxygens (including phenoxy) is 2. The van der Waals surface area contributed by atoms with Crippen LogP contribution in [0.4, 0.5) is 0 Å². The van der Waals surface area contributed by atoms with Crippen molar-refractivity contribution >= 4 is 46.5 Å². The summed E-state index contributed by atoms with van der Waals surface area (Å²) >= 11 is 18.1. The van der Waals surface area contributed by atoms with Gasteiger partial charge in [0, 0.05) is 42.4 Å². The Morgan fingerprint density at radius 1 is 1.12 bits per heavy atom. The SMILES string of the molecule is Cc1cc(Cl)cc2c1OC1(CCN(C(=O)CCCOc3ccc(Cl)cc3Cl)CC1)CC2=O. The number of benzene rings is 2. The third-order valence-corrected chi connectivity index (χ3v) is 6.80. The highest BCUT2D eigenvalue weighted by atomic mass is 35.5. The molecule has 1 fully saturated rings. The molecule has 32 heavy (non-hydrogen) atoms. The van der Waals surface area contributed by atoms with Crippen molar-refractivity contribution in [2.45, 2.75) is 44.6 Å². The van der Waals surface area contributed by atoms with Gasteiger partial charge in [0.1, 0.15) is 17.1 Å². The van der Waals surface area contributed by atoms with Gasteiger partial charge in [0.05, 0.1) is 23.6 Å². The smallest absolute Gasteiger partial charge is 0.222 e. The Morgan fingerprint density at radius 2 is 1.88 bits per heavy atom. The fraction of sp³-hybridized carbons (Fsp3) is 0.417. The lowest BCUT2D eigenvalue weighted by atomic mass is 9.82. The van der Waals surface area contributed by atoms with Gasteiger partial charge in [-0.3, -0.25) is 9.59 Å². The highest BCUT2D eigenvalue weighted by Crippen LogP contribution is 2.42. The second-order valence-corrected chi connectivity index (χ2v) is 9.67. The summed E-state index contributed by atoms with van der Waals surface area (Å²) in [6, 6.07) is 8.54. The number of halogens is 3. The van der Waals surface area contributed by atoms with Crippen LogP contribution < -0.4 is 9.47 Å². The van der Waals surface area contributed by atoms with Crippen molar-refractivity contribution in [1.82, 2.24) is 4.90 Å². The molecule has 2 aliphatic rings. The summed E-state index contributed by atoms with van der Waals surface area (Å²) in [5.41, 5.74) is 0.868. The van der Waals surface area contributed by atoms with E-state index >= 15 is 0 Å². The number of carbonyl (C=O) groups is 2. The molecule has 170 valence electrons. The minimum Gasteiger partial charge on any atom is -0.492 e. The predicted molar refractivity (Wildman–Crippen MR) is 126 cm³/mol. The molecule has 2 aromatic carbocycles. The Labute approximate surface area is 202 Å². The minimum absolute atomic E-state index is 0.0506. The molecule has 0 aromatic heterocycles. The third kappa shape index (κ3) is 5.00. The second-order valence-electron chi connectivity index (χ2n) is 8.39. The summed E-state index contributed by atoms with van der Waals surface area (Å²) in [7, 11) is 0. The predicted octanol–water partition coefficient (Wildman–Crippen LogP) is 6.14. The Hall–Kier alpha value is -1.95. The molecule has 1 amide bonds. The van der Waals surface area contributed by atoms with Crippen LogP contribution in [0.2, 0.25) is 15.1 Å². The van der Waals surface area contributed by atoms with Gasteiger partial charge >= 0.3 is 0 Å². The van der Waals surface area contributed by atoms with Crippen LogP contribution in [0.1, 0.15) is 48.0 Å². The first-order valence-corrected chi connectivity index (χ1v) is 11.8. The average Bonchev–Trinajstić information content (AvgIpc) is 2.74. The quantitative estimate of drug-likeness (QED) is 0.467. The van der Waals surface area contributed by atoms with Crippen LogP contribution >= 0.6 is 34.8 Å². The maximum absolute atomic E-state index is 12.8. The largest absolute Gasteiger partial charge is 0.492 e. The van der Waals surface area contributed by atoms with Gasteiger partial charge in [0.15, 0.2) is 5.78 Å². The number of hydrogen-bond acceptors (Lipinski definition) is 4. The number of nitrogens with zero attached hydrogens (tertiary/aromatic N) is 1. The van der Waals surface area contributed by atoms with Crippen molar-refractivity contribution < 1.29 is 19.1 Å². The van der Waals surface area contributed by atoms with Crippen molar-refractivity contribution in [2.75, 3.05) is 19.7 Å². The van der Waals surface area contributed by atoms with Gasteiger partial charge < -0.3 is 14.4 Å². The summed E-state index contributed by atoms with van der Waals surface area (Å²) in [5.74, 6) is 1.31. The van der Waals surface area contributed by atoms with Gasteiger partial charge in [0.2, 0.25) is 5.91 Å². The lowest BCUT2D eigenvalue weighted by Gasteiger charge is -2.44. The molecular weight excluding hydrogens is 473 g/mol. The number of likely N-dealkylation sites (tertiary alicyclic amines) is 1. The summed E-state index contributed by atoms with van der Waals surface area (Å²) in [6.07, 6.45) is 2.55. The van der Waals surface area contributed by atoms with Gasteiger partial charge in [-0.25, -0.2) is 0 Å². The van der Waals surface area contributed by atoms with Gasteiger partial charge in [-0.05, 0) is 49.2 Å². The van der Waals surface area contributed by atoms with E-state index in [-0.39, 0.29) is 11.7 Å². The fourth-order valence-electron chi connectivity index (χ4n) is 4.31. The zero-order valence-corrected chi connectivity index (χ0v) is 20.0. The van der Waals surface area contributed by atoms with Crippen LogP contribution in [0.25, 0.3) is 0 Å². The van der Waals surface area contributed by atoms with Crippen LogP contribution in [-0.2, 0) is 4.79 Å². The number of rotatable bonds is 5. The van der Waals surface area contributed by atoms with E-state index in [0.717, 1.165) is 5.56 Å². The molecule has 0 aliphatic carbocycles. The van der Waals surface area contributed by atoms with Crippen LogP contribution in [0.15, 0.2) is 30.3 Å². The van der Waals surface area contributed by atoms with Crippen molar-refractivity contribution in [3.63, 3.8) is 0 Å². The molecule has 0 N–H and O–H groups in total. The van der Waals surface area contributed by atoms with E-state index < -0.39 is 5.60 Å². The first kappa shape index (κ1) is 23.2. The number of carbonyl (C=O) groups excluding carboxylic acids is 2. The molecule has 0 bridgehead atoms. The molecule has 0 radical (unpaired) electrons. The molecule has 2 aromatic rings. The topological polar surface area (TPSA) is 55.8 Å². The van der Waals surface area contributed by atoms with Crippen molar-refractivity contribution in [3.05, 3.63) is 56.5 Å². The van der Waals surface area contributed by atoms with Crippen LogP contribution in [0.5, 0.6) is 11.5 Å². The lowest BCUT2D eigenvalue weighted by Crippen LogP contribution is -2.52. The van der Waals surface area contributed by atoms with E-state index in [1.807, 2.05) is 17.9 Å². The minimum atomic E-state index is -0.548. The van der Waals surface area contributed by atoms with Crippen molar-refractivity contribution in [3.8, 4) is 11.5 Å². The molecule has 1 spiro atoms. The van der Waals surface area contributed by atoms with Crippen LogP contribution in [-0.4, -0.2) is 41.9 Å². The summed E-state index contributed by atoms with van der Waals surface area (Å²) in [5, 5.41) is 1.54. The van der Waals surface area contributed by atoms with Gasteiger partial charge in [-0.15, -0.1) is 0 Å². The maximum Gasteiger partial charge on any atom is 0.222 e. The maximum atomic E-state index is 12.8. The number of fused-ring (bicyclic) bond motifs is 1. The van der Waals surface area contributed by atoms with E-state index in [1.54, 1.807) is 24.3 Å². The van der Waals surface area contributed by atoms with E-state index in [0.29, 0.717) is 83.9 Å².